The zero-order valence-electron chi connectivity index (χ0n) is 12.4. The Balaban J connectivity index is 2.52. The van der Waals surface area contributed by atoms with Crippen LogP contribution in [-0.4, -0.2) is 23.9 Å². The third kappa shape index (κ3) is 2.38. The molecule has 1 amide bonds. The second-order valence-electron chi connectivity index (χ2n) is 5.85. The fraction of sp³-hybridized carbons (Fsp3) is 0.667. The van der Waals surface area contributed by atoms with Crippen LogP contribution in [-0.2, 0) is 11.8 Å². The Kier molecular flexibility index (Phi) is 3.90. The lowest BCUT2D eigenvalue weighted by molar-refractivity contribution is 0.0771. The largest absolute Gasteiger partial charge is 0.390 e. The number of amides is 1. The van der Waals surface area contributed by atoms with Crippen molar-refractivity contribution in [3.63, 3.8) is 0 Å². The lowest BCUT2D eigenvalue weighted by Crippen LogP contribution is -2.34. The van der Waals surface area contributed by atoms with Crippen LogP contribution < -0.4 is 5.73 Å². The van der Waals surface area contributed by atoms with Crippen molar-refractivity contribution < 1.29 is 4.79 Å². The molecule has 1 aromatic heterocycles. The van der Waals surface area contributed by atoms with Crippen LogP contribution >= 0.6 is 11.3 Å². The molecule has 1 aliphatic rings. The number of nitrogens with zero attached hydrogens (tertiary/aromatic N) is 1. The van der Waals surface area contributed by atoms with Crippen LogP contribution in [0.1, 0.15) is 61.3 Å². The Morgan fingerprint density at radius 3 is 2.58 bits per heavy atom. The van der Waals surface area contributed by atoms with Crippen molar-refractivity contribution in [2.24, 2.45) is 0 Å². The van der Waals surface area contributed by atoms with Crippen molar-refractivity contribution in [2.45, 2.75) is 52.4 Å². The molecule has 19 heavy (non-hydrogen) atoms. The van der Waals surface area contributed by atoms with E-state index in [-0.39, 0.29) is 11.3 Å². The molecule has 1 heterocycles. The second-order valence-corrected chi connectivity index (χ2v) is 6.99. The topological polar surface area (TPSA) is 46.3 Å². The molecule has 2 rings (SSSR count). The first-order valence-corrected chi connectivity index (χ1v) is 7.94. The number of carbonyl (C=O) groups excluding carboxylic acids is 1. The van der Waals surface area contributed by atoms with Crippen LogP contribution in [0, 0.1) is 0 Å². The number of rotatable bonds is 3. The molecule has 0 saturated carbocycles. The van der Waals surface area contributed by atoms with Gasteiger partial charge in [0.05, 0.1) is 10.6 Å². The minimum atomic E-state index is 0.0693. The molecule has 1 aliphatic carbocycles. The summed E-state index contributed by atoms with van der Waals surface area (Å²) in [6.07, 6.45) is 3.40. The summed E-state index contributed by atoms with van der Waals surface area (Å²) in [5.41, 5.74) is 8.24. The van der Waals surface area contributed by atoms with Crippen LogP contribution in [0.15, 0.2) is 0 Å². The van der Waals surface area contributed by atoms with E-state index in [2.05, 4.69) is 13.8 Å². The third-order valence-corrected chi connectivity index (χ3v) is 5.23. The standard InChI is InChI=1S/C15H24N2OS/c1-5-17(6-2)14(18)11-12-10(19-13(11)16)8-7-9-15(12,3)4/h5-9,16H2,1-4H3. The normalized spacial score (nSPS) is 17.1. The molecular weight excluding hydrogens is 256 g/mol. The number of hydrogen-bond acceptors (Lipinski definition) is 3. The summed E-state index contributed by atoms with van der Waals surface area (Å²) in [4.78, 5) is 15.9. The van der Waals surface area contributed by atoms with E-state index in [9.17, 15) is 4.79 Å². The van der Waals surface area contributed by atoms with E-state index in [0.717, 1.165) is 31.5 Å². The first kappa shape index (κ1) is 14.4. The summed E-state index contributed by atoms with van der Waals surface area (Å²) in [5.74, 6) is 0.106. The first-order valence-electron chi connectivity index (χ1n) is 7.13. The fourth-order valence-corrected chi connectivity index (χ4v) is 4.37. The zero-order chi connectivity index (χ0) is 14.2. The molecule has 0 bridgehead atoms. The molecule has 0 atom stereocenters. The van der Waals surface area contributed by atoms with Crippen LogP contribution in [0.4, 0.5) is 5.00 Å². The number of fused-ring (bicyclic) bond motifs is 1. The van der Waals surface area contributed by atoms with E-state index < -0.39 is 0 Å². The maximum absolute atomic E-state index is 12.7. The van der Waals surface area contributed by atoms with Gasteiger partial charge in [-0.3, -0.25) is 4.79 Å². The van der Waals surface area contributed by atoms with E-state index in [1.54, 1.807) is 11.3 Å². The average Bonchev–Trinajstić information content (AvgIpc) is 2.68. The van der Waals surface area contributed by atoms with Crippen LogP contribution in [0.3, 0.4) is 0 Å². The summed E-state index contributed by atoms with van der Waals surface area (Å²) in [6.45, 7) is 9.97. The Hall–Kier alpha value is -1.03. The predicted octanol–water partition coefficient (Wildman–Crippen LogP) is 3.43. The molecule has 0 spiro atoms. The molecule has 0 fully saturated rings. The van der Waals surface area contributed by atoms with Gasteiger partial charge in [-0.25, -0.2) is 0 Å². The van der Waals surface area contributed by atoms with E-state index in [1.807, 2.05) is 18.7 Å². The van der Waals surface area contributed by atoms with Crippen molar-refractivity contribution in [1.29, 1.82) is 0 Å². The van der Waals surface area contributed by atoms with Gasteiger partial charge in [0.2, 0.25) is 0 Å². The first-order chi connectivity index (χ1) is 8.92. The molecule has 0 radical (unpaired) electrons. The van der Waals surface area contributed by atoms with E-state index >= 15 is 0 Å². The quantitative estimate of drug-likeness (QED) is 0.922. The number of thiophene rings is 1. The number of carbonyl (C=O) groups is 1. The highest BCUT2D eigenvalue weighted by atomic mass is 32.1. The van der Waals surface area contributed by atoms with E-state index in [4.69, 9.17) is 5.73 Å². The minimum Gasteiger partial charge on any atom is -0.390 e. The van der Waals surface area contributed by atoms with Crippen LogP contribution in [0.5, 0.6) is 0 Å². The van der Waals surface area contributed by atoms with E-state index in [0.29, 0.717) is 5.00 Å². The van der Waals surface area contributed by atoms with Crippen molar-refractivity contribution in [1.82, 2.24) is 4.90 Å². The number of anilines is 1. The summed E-state index contributed by atoms with van der Waals surface area (Å²) in [7, 11) is 0. The van der Waals surface area contributed by atoms with Gasteiger partial charge >= 0.3 is 0 Å². The average molecular weight is 280 g/mol. The van der Waals surface area contributed by atoms with Gasteiger partial charge in [-0.05, 0) is 44.1 Å². The van der Waals surface area contributed by atoms with Crippen molar-refractivity contribution in [3.8, 4) is 0 Å². The summed E-state index contributed by atoms with van der Waals surface area (Å²) < 4.78 is 0. The van der Waals surface area contributed by atoms with Crippen LogP contribution in [0.2, 0.25) is 0 Å². The lowest BCUT2D eigenvalue weighted by Gasteiger charge is -2.32. The number of nitrogen functional groups attached to an aromatic ring is 1. The molecular formula is C15H24N2OS. The predicted molar refractivity (Wildman–Crippen MR) is 81.9 cm³/mol. The molecule has 4 heteroatoms. The highest BCUT2D eigenvalue weighted by Crippen LogP contribution is 2.45. The van der Waals surface area contributed by atoms with Crippen molar-refractivity contribution in [2.75, 3.05) is 18.8 Å². The molecule has 0 saturated heterocycles. The monoisotopic (exact) mass is 280 g/mol. The van der Waals surface area contributed by atoms with Crippen molar-refractivity contribution >= 4 is 22.2 Å². The molecule has 1 aromatic rings. The van der Waals surface area contributed by atoms with Gasteiger partial charge in [0.1, 0.15) is 0 Å². The van der Waals surface area contributed by atoms with Gasteiger partial charge in [-0.1, -0.05) is 13.8 Å². The Bertz CT molecular complexity index is 487. The van der Waals surface area contributed by atoms with Crippen LogP contribution in [0.25, 0.3) is 0 Å². The second kappa shape index (κ2) is 5.16. The number of aryl methyl sites for hydroxylation is 1. The third-order valence-electron chi connectivity index (χ3n) is 4.16. The van der Waals surface area contributed by atoms with Crippen molar-refractivity contribution in [3.05, 3.63) is 16.0 Å². The molecule has 0 aliphatic heterocycles. The van der Waals surface area contributed by atoms with Gasteiger partial charge in [0, 0.05) is 18.0 Å². The Morgan fingerprint density at radius 2 is 2.00 bits per heavy atom. The van der Waals surface area contributed by atoms with Gasteiger partial charge in [0.15, 0.2) is 0 Å². The lowest BCUT2D eigenvalue weighted by atomic mass is 9.74. The number of hydrogen-bond donors (Lipinski definition) is 1. The molecule has 2 N–H and O–H groups in total. The highest BCUT2D eigenvalue weighted by molar-refractivity contribution is 7.16. The Morgan fingerprint density at radius 1 is 1.37 bits per heavy atom. The zero-order valence-corrected chi connectivity index (χ0v) is 13.2. The molecule has 106 valence electrons. The summed E-state index contributed by atoms with van der Waals surface area (Å²) >= 11 is 1.62. The van der Waals surface area contributed by atoms with Gasteiger partial charge in [-0.15, -0.1) is 11.3 Å². The molecule has 3 nitrogen and oxygen atoms in total. The van der Waals surface area contributed by atoms with Gasteiger partial charge < -0.3 is 10.6 Å². The Labute approximate surface area is 119 Å². The summed E-state index contributed by atoms with van der Waals surface area (Å²) in [5, 5.41) is 0.705. The molecule has 0 unspecified atom stereocenters. The SMILES string of the molecule is CCN(CC)C(=O)c1c(N)sc2c1C(C)(C)CCC2. The summed E-state index contributed by atoms with van der Waals surface area (Å²) in [6, 6.07) is 0. The van der Waals surface area contributed by atoms with Gasteiger partial charge in [-0.2, -0.15) is 0 Å². The highest BCUT2D eigenvalue weighted by Gasteiger charge is 2.36. The van der Waals surface area contributed by atoms with Gasteiger partial charge in [0.25, 0.3) is 5.91 Å². The molecule has 0 aromatic carbocycles. The maximum Gasteiger partial charge on any atom is 0.257 e. The minimum absolute atomic E-state index is 0.0693. The fourth-order valence-electron chi connectivity index (χ4n) is 3.09. The van der Waals surface area contributed by atoms with E-state index in [1.165, 1.54) is 16.9 Å². The smallest absolute Gasteiger partial charge is 0.257 e. The maximum atomic E-state index is 12.7. The number of nitrogens with two attached hydrogens (primary N) is 1.